The quantitative estimate of drug-likeness (QED) is 0.804. The van der Waals surface area contributed by atoms with Gasteiger partial charge in [0, 0.05) is 15.7 Å². The van der Waals surface area contributed by atoms with Crippen molar-refractivity contribution < 1.29 is 4.79 Å². The van der Waals surface area contributed by atoms with Crippen LogP contribution in [0.3, 0.4) is 0 Å². The highest BCUT2D eigenvalue weighted by Gasteiger charge is 2.09. The summed E-state index contributed by atoms with van der Waals surface area (Å²) in [5.41, 5.74) is 0.581. The smallest absolute Gasteiger partial charge is 0.265 e. The maximum absolute atomic E-state index is 11.8. The second-order valence-electron chi connectivity index (χ2n) is 3.22. The van der Waals surface area contributed by atoms with Gasteiger partial charge in [0.15, 0.2) is 0 Å². The first-order valence-electron chi connectivity index (χ1n) is 4.57. The lowest BCUT2D eigenvalue weighted by Crippen LogP contribution is -2.09. The van der Waals surface area contributed by atoms with Crippen LogP contribution >= 0.6 is 50.5 Å². The van der Waals surface area contributed by atoms with Crippen LogP contribution in [0, 0.1) is 0 Å². The molecule has 1 amide bonds. The molecule has 6 heteroatoms. The summed E-state index contributed by atoms with van der Waals surface area (Å²) in [6.45, 7) is 0. The van der Waals surface area contributed by atoms with Crippen molar-refractivity contribution in [3.63, 3.8) is 0 Å². The van der Waals surface area contributed by atoms with Gasteiger partial charge in [0.05, 0.1) is 8.66 Å². The Morgan fingerprint density at radius 3 is 2.35 bits per heavy atom. The average molecular weight is 351 g/mol. The lowest BCUT2D eigenvalue weighted by Gasteiger charge is -2.04. The number of hydrogen-bond acceptors (Lipinski definition) is 2. The maximum Gasteiger partial charge on any atom is 0.265 e. The number of benzene rings is 1. The molecule has 1 aromatic heterocycles. The van der Waals surface area contributed by atoms with Crippen molar-refractivity contribution in [2.75, 3.05) is 5.32 Å². The highest BCUT2D eigenvalue weighted by molar-refractivity contribution is 9.11. The molecular formula is C11H6BrCl2NOS. The Labute approximate surface area is 121 Å². The van der Waals surface area contributed by atoms with Gasteiger partial charge in [-0.05, 0) is 46.3 Å². The van der Waals surface area contributed by atoms with E-state index in [0.717, 1.165) is 3.79 Å². The fraction of sp³-hybridized carbons (Fsp3) is 0. The topological polar surface area (TPSA) is 29.1 Å². The minimum Gasteiger partial charge on any atom is -0.321 e. The number of rotatable bonds is 2. The molecule has 1 heterocycles. The summed E-state index contributed by atoms with van der Waals surface area (Å²) in [5.74, 6) is -0.181. The maximum atomic E-state index is 11.8. The normalized spacial score (nSPS) is 10.3. The van der Waals surface area contributed by atoms with Crippen molar-refractivity contribution in [1.29, 1.82) is 0 Å². The number of thiophene rings is 1. The highest BCUT2D eigenvalue weighted by atomic mass is 79.9. The summed E-state index contributed by atoms with van der Waals surface area (Å²) in [6.07, 6.45) is 0. The van der Waals surface area contributed by atoms with Gasteiger partial charge in [0.25, 0.3) is 5.91 Å². The Bertz CT molecular complexity index is 550. The molecule has 1 N–H and O–H groups in total. The number of anilines is 1. The molecule has 0 bridgehead atoms. The molecule has 0 spiro atoms. The van der Waals surface area contributed by atoms with Crippen LogP contribution in [0.1, 0.15) is 9.67 Å². The molecule has 2 aromatic rings. The van der Waals surface area contributed by atoms with Crippen molar-refractivity contribution in [2.24, 2.45) is 0 Å². The molecule has 2 nitrogen and oxygen atoms in total. The summed E-state index contributed by atoms with van der Waals surface area (Å²) in [6, 6.07) is 8.48. The molecule has 0 radical (unpaired) electrons. The van der Waals surface area contributed by atoms with E-state index < -0.39 is 0 Å². The fourth-order valence-electron chi connectivity index (χ4n) is 1.26. The molecule has 88 valence electrons. The first kappa shape index (κ1) is 12.9. The Hall–Kier alpha value is -0.550. The predicted octanol–water partition coefficient (Wildman–Crippen LogP) is 5.07. The van der Waals surface area contributed by atoms with Crippen LogP contribution in [0.25, 0.3) is 0 Å². The Morgan fingerprint density at radius 1 is 1.18 bits per heavy atom. The van der Waals surface area contributed by atoms with Crippen LogP contribution in [-0.2, 0) is 0 Å². The zero-order valence-electron chi connectivity index (χ0n) is 8.34. The fourth-order valence-corrected chi connectivity index (χ4v) is 3.06. The van der Waals surface area contributed by atoms with Crippen molar-refractivity contribution in [1.82, 2.24) is 0 Å². The van der Waals surface area contributed by atoms with E-state index in [1.165, 1.54) is 11.3 Å². The van der Waals surface area contributed by atoms with Gasteiger partial charge in [-0.15, -0.1) is 11.3 Å². The summed E-state index contributed by atoms with van der Waals surface area (Å²) < 4.78 is 0.909. The summed E-state index contributed by atoms with van der Waals surface area (Å²) >= 11 is 16.4. The van der Waals surface area contributed by atoms with Gasteiger partial charge in [-0.25, -0.2) is 0 Å². The van der Waals surface area contributed by atoms with Gasteiger partial charge in [0.2, 0.25) is 0 Å². The molecule has 0 aliphatic carbocycles. The van der Waals surface area contributed by atoms with E-state index in [9.17, 15) is 4.79 Å². The highest BCUT2D eigenvalue weighted by Crippen LogP contribution is 2.25. The van der Waals surface area contributed by atoms with E-state index in [2.05, 4.69) is 21.2 Å². The van der Waals surface area contributed by atoms with Gasteiger partial charge in [-0.3, -0.25) is 4.79 Å². The van der Waals surface area contributed by atoms with E-state index in [0.29, 0.717) is 20.6 Å². The van der Waals surface area contributed by atoms with Crippen LogP contribution < -0.4 is 5.32 Å². The number of carbonyl (C=O) groups is 1. The molecule has 0 fully saturated rings. The van der Waals surface area contributed by atoms with Crippen molar-refractivity contribution >= 4 is 62.1 Å². The van der Waals surface area contributed by atoms with Crippen molar-refractivity contribution in [3.8, 4) is 0 Å². The average Bonchev–Trinajstić information content (AvgIpc) is 2.63. The van der Waals surface area contributed by atoms with Gasteiger partial charge in [-0.1, -0.05) is 23.2 Å². The minimum absolute atomic E-state index is 0.181. The van der Waals surface area contributed by atoms with Gasteiger partial charge in [-0.2, -0.15) is 0 Å². The van der Waals surface area contributed by atoms with Gasteiger partial charge < -0.3 is 5.32 Å². The van der Waals surface area contributed by atoms with E-state index in [1.54, 1.807) is 24.3 Å². The van der Waals surface area contributed by atoms with E-state index in [-0.39, 0.29) is 5.91 Å². The molecule has 0 unspecified atom stereocenters. The Morgan fingerprint density at radius 2 is 1.82 bits per heavy atom. The monoisotopic (exact) mass is 349 g/mol. The molecule has 0 saturated heterocycles. The third-order valence-electron chi connectivity index (χ3n) is 1.92. The molecule has 0 aliphatic rings. The van der Waals surface area contributed by atoms with Gasteiger partial charge in [0.1, 0.15) is 0 Å². The van der Waals surface area contributed by atoms with Crippen molar-refractivity contribution in [2.45, 2.75) is 0 Å². The number of nitrogens with one attached hydrogen (secondary N) is 1. The third kappa shape index (κ3) is 3.45. The van der Waals surface area contributed by atoms with Crippen molar-refractivity contribution in [3.05, 3.63) is 49.0 Å². The molecule has 1 aromatic carbocycles. The molecule has 2 rings (SSSR count). The third-order valence-corrected chi connectivity index (χ3v) is 3.98. The first-order valence-corrected chi connectivity index (χ1v) is 6.94. The summed E-state index contributed by atoms with van der Waals surface area (Å²) in [7, 11) is 0. The summed E-state index contributed by atoms with van der Waals surface area (Å²) in [4.78, 5) is 12.5. The van der Waals surface area contributed by atoms with E-state index >= 15 is 0 Å². The zero-order valence-corrected chi connectivity index (χ0v) is 12.3. The Kier molecular flexibility index (Phi) is 4.09. The zero-order chi connectivity index (χ0) is 12.4. The second-order valence-corrected chi connectivity index (χ2v) is 6.55. The van der Waals surface area contributed by atoms with Crippen LogP contribution in [0.5, 0.6) is 0 Å². The second kappa shape index (κ2) is 5.40. The number of amides is 1. The number of hydrogen-bond donors (Lipinski definition) is 1. The van der Waals surface area contributed by atoms with Gasteiger partial charge >= 0.3 is 0 Å². The standard InChI is InChI=1S/C11H6BrCl2NOS/c12-10-2-1-9(17-10)11(16)15-8-4-6(13)3-7(14)5-8/h1-5H,(H,15,16). The van der Waals surface area contributed by atoms with Crippen LogP contribution in [-0.4, -0.2) is 5.91 Å². The molecule has 17 heavy (non-hydrogen) atoms. The van der Waals surface area contributed by atoms with E-state index in [1.807, 2.05) is 6.07 Å². The van der Waals surface area contributed by atoms with Crippen LogP contribution in [0.4, 0.5) is 5.69 Å². The minimum atomic E-state index is -0.181. The number of halogens is 3. The first-order chi connectivity index (χ1) is 8.04. The lowest BCUT2D eigenvalue weighted by molar-refractivity contribution is 0.103. The van der Waals surface area contributed by atoms with Crippen LogP contribution in [0.15, 0.2) is 34.1 Å². The van der Waals surface area contributed by atoms with E-state index in [4.69, 9.17) is 23.2 Å². The summed E-state index contributed by atoms with van der Waals surface area (Å²) in [5, 5.41) is 3.71. The largest absolute Gasteiger partial charge is 0.321 e. The molecule has 0 saturated carbocycles. The Balaban J connectivity index is 2.18. The predicted molar refractivity (Wildman–Crippen MR) is 76.4 cm³/mol. The molecule has 0 atom stereocenters. The van der Waals surface area contributed by atoms with Crippen LogP contribution in [0.2, 0.25) is 10.0 Å². The molecular weight excluding hydrogens is 345 g/mol. The lowest BCUT2D eigenvalue weighted by atomic mass is 10.3. The molecule has 0 aliphatic heterocycles. The SMILES string of the molecule is O=C(Nc1cc(Cl)cc(Cl)c1)c1ccc(Br)s1. The number of carbonyl (C=O) groups excluding carboxylic acids is 1.